The van der Waals surface area contributed by atoms with E-state index in [4.69, 9.17) is 0 Å². The summed E-state index contributed by atoms with van der Waals surface area (Å²) in [5, 5.41) is 0. The Morgan fingerprint density at radius 2 is 1.67 bits per heavy atom. The Balaban J connectivity index is 2.67. The molecule has 0 aliphatic heterocycles. The Kier molecular flexibility index (Phi) is 4.43. The largest absolute Gasteiger partial charge is 0.273 e. The summed E-state index contributed by atoms with van der Waals surface area (Å²) < 4.78 is 48.4. The number of amides is 1. The van der Waals surface area contributed by atoms with Crippen molar-refractivity contribution in [1.82, 2.24) is 9.44 Å². The third-order valence-corrected chi connectivity index (χ3v) is 3.79. The maximum atomic E-state index is 11.7. The van der Waals surface area contributed by atoms with E-state index in [2.05, 4.69) is 0 Å². The normalized spacial score (nSPS) is 12.1. The van der Waals surface area contributed by atoms with E-state index in [-0.39, 0.29) is 4.90 Å². The van der Waals surface area contributed by atoms with Crippen molar-refractivity contribution in [1.29, 1.82) is 0 Å². The van der Waals surface area contributed by atoms with Gasteiger partial charge in [0.2, 0.25) is 26.0 Å². The summed E-state index contributed by atoms with van der Waals surface area (Å²) in [6, 6.07) is 7.43. The molecule has 0 bridgehead atoms. The van der Waals surface area contributed by atoms with Crippen LogP contribution < -0.4 is 9.44 Å². The standard InChI is InChI=1S/C9H12N2O5S2/c1-17(13,14)11-9(12)7-10-18(15,16)8-5-3-2-4-6-8/h2-6,10H,7H2,1H3,(H,11,12). The zero-order valence-corrected chi connectivity index (χ0v) is 11.1. The van der Waals surface area contributed by atoms with Gasteiger partial charge >= 0.3 is 0 Å². The van der Waals surface area contributed by atoms with Gasteiger partial charge in [-0.3, -0.25) is 9.52 Å². The first kappa shape index (κ1) is 14.6. The van der Waals surface area contributed by atoms with E-state index in [0.717, 1.165) is 6.26 Å². The molecule has 1 aromatic rings. The lowest BCUT2D eigenvalue weighted by molar-refractivity contribution is -0.118. The fourth-order valence-corrected chi connectivity index (χ4v) is 2.58. The Labute approximate surface area is 105 Å². The fourth-order valence-electron chi connectivity index (χ4n) is 1.09. The first-order valence-electron chi connectivity index (χ1n) is 4.76. The number of benzene rings is 1. The van der Waals surface area contributed by atoms with Crippen molar-refractivity contribution in [3.8, 4) is 0 Å². The second kappa shape index (κ2) is 5.46. The molecule has 0 atom stereocenters. The summed E-state index contributed by atoms with van der Waals surface area (Å²) in [4.78, 5) is 11.1. The van der Waals surface area contributed by atoms with Gasteiger partial charge in [-0.05, 0) is 12.1 Å². The summed E-state index contributed by atoms with van der Waals surface area (Å²) in [7, 11) is -7.51. The summed E-state index contributed by atoms with van der Waals surface area (Å²) in [5.41, 5.74) is 0. The fraction of sp³-hybridized carbons (Fsp3) is 0.222. The number of carbonyl (C=O) groups excluding carboxylic acids is 1. The van der Waals surface area contributed by atoms with Gasteiger partial charge in [-0.1, -0.05) is 18.2 Å². The summed E-state index contributed by atoms with van der Waals surface area (Å²) in [5.74, 6) is -0.947. The Morgan fingerprint density at radius 1 is 1.11 bits per heavy atom. The third-order valence-electron chi connectivity index (χ3n) is 1.78. The van der Waals surface area contributed by atoms with Gasteiger partial charge in [0.25, 0.3) is 0 Å². The van der Waals surface area contributed by atoms with Crippen LogP contribution in [0.15, 0.2) is 35.2 Å². The molecular weight excluding hydrogens is 280 g/mol. The predicted molar refractivity (Wildman–Crippen MR) is 64.6 cm³/mol. The number of sulfonamides is 2. The highest BCUT2D eigenvalue weighted by Crippen LogP contribution is 2.06. The van der Waals surface area contributed by atoms with Gasteiger partial charge in [0.05, 0.1) is 17.7 Å². The number of nitrogens with one attached hydrogen (secondary N) is 2. The molecule has 7 nitrogen and oxygen atoms in total. The molecule has 2 N–H and O–H groups in total. The summed E-state index contributed by atoms with van der Waals surface area (Å²) in [6.45, 7) is -0.649. The van der Waals surface area contributed by atoms with Crippen molar-refractivity contribution >= 4 is 26.0 Å². The maximum absolute atomic E-state index is 11.7. The predicted octanol–water partition coefficient (Wildman–Crippen LogP) is -0.959. The van der Waals surface area contributed by atoms with Crippen LogP contribution in [0.25, 0.3) is 0 Å². The van der Waals surface area contributed by atoms with Gasteiger partial charge < -0.3 is 0 Å². The Hall–Kier alpha value is -1.45. The van der Waals surface area contributed by atoms with Gasteiger partial charge in [-0.2, -0.15) is 0 Å². The molecule has 0 aromatic heterocycles. The number of hydrogen-bond acceptors (Lipinski definition) is 5. The average Bonchev–Trinajstić information content (AvgIpc) is 2.26. The van der Waals surface area contributed by atoms with Crippen LogP contribution in [0.4, 0.5) is 0 Å². The van der Waals surface area contributed by atoms with Crippen LogP contribution in [-0.4, -0.2) is 35.5 Å². The lowest BCUT2D eigenvalue weighted by Crippen LogP contribution is -2.39. The van der Waals surface area contributed by atoms with Crippen LogP contribution >= 0.6 is 0 Å². The third kappa shape index (κ3) is 4.82. The lowest BCUT2D eigenvalue weighted by Gasteiger charge is -2.06. The van der Waals surface area contributed by atoms with Gasteiger partial charge in [-0.15, -0.1) is 0 Å². The van der Waals surface area contributed by atoms with E-state index in [9.17, 15) is 21.6 Å². The molecule has 0 radical (unpaired) electrons. The number of carbonyl (C=O) groups is 1. The second-order valence-corrected chi connectivity index (χ2v) is 6.95. The van der Waals surface area contributed by atoms with Crippen molar-refractivity contribution in [2.24, 2.45) is 0 Å². The molecule has 0 fully saturated rings. The van der Waals surface area contributed by atoms with Crippen molar-refractivity contribution in [2.75, 3.05) is 12.8 Å². The molecule has 100 valence electrons. The quantitative estimate of drug-likeness (QED) is 0.726. The number of rotatable bonds is 5. The molecule has 0 saturated heterocycles. The molecule has 0 aliphatic rings. The lowest BCUT2D eigenvalue weighted by atomic mass is 10.4. The van der Waals surface area contributed by atoms with Crippen LogP contribution in [0.3, 0.4) is 0 Å². The molecule has 9 heteroatoms. The minimum atomic E-state index is -3.82. The zero-order valence-electron chi connectivity index (χ0n) is 9.45. The van der Waals surface area contributed by atoms with Crippen LogP contribution in [0.1, 0.15) is 0 Å². The van der Waals surface area contributed by atoms with Crippen molar-refractivity contribution in [3.63, 3.8) is 0 Å². The molecule has 18 heavy (non-hydrogen) atoms. The minimum absolute atomic E-state index is 0.00263. The molecule has 1 amide bonds. The van der Waals surface area contributed by atoms with E-state index < -0.39 is 32.5 Å². The first-order valence-corrected chi connectivity index (χ1v) is 8.13. The second-order valence-electron chi connectivity index (χ2n) is 3.44. The highest BCUT2D eigenvalue weighted by Gasteiger charge is 2.16. The van der Waals surface area contributed by atoms with E-state index in [1.165, 1.54) is 24.3 Å². The summed E-state index contributed by atoms with van der Waals surface area (Å²) in [6.07, 6.45) is 0.802. The van der Waals surface area contributed by atoms with Crippen LogP contribution in [0, 0.1) is 0 Å². The topological polar surface area (TPSA) is 109 Å². The molecule has 0 saturated carbocycles. The molecule has 1 rings (SSSR count). The van der Waals surface area contributed by atoms with E-state index in [0.29, 0.717) is 0 Å². The summed E-state index contributed by atoms with van der Waals surface area (Å²) >= 11 is 0. The van der Waals surface area contributed by atoms with Crippen molar-refractivity contribution in [3.05, 3.63) is 30.3 Å². The SMILES string of the molecule is CS(=O)(=O)NC(=O)CNS(=O)(=O)c1ccccc1. The monoisotopic (exact) mass is 292 g/mol. The molecule has 0 spiro atoms. The van der Waals surface area contributed by atoms with Crippen LogP contribution in [0.2, 0.25) is 0 Å². The molecular formula is C9H12N2O5S2. The van der Waals surface area contributed by atoms with Gasteiger partial charge in [0, 0.05) is 0 Å². The smallest absolute Gasteiger partial charge is 0.248 e. The van der Waals surface area contributed by atoms with Crippen LogP contribution in [0.5, 0.6) is 0 Å². The van der Waals surface area contributed by atoms with Crippen molar-refractivity contribution in [2.45, 2.75) is 4.90 Å². The van der Waals surface area contributed by atoms with Gasteiger partial charge in [0.15, 0.2) is 0 Å². The van der Waals surface area contributed by atoms with Gasteiger partial charge in [-0.25, -0.2) is 21.6 Å². The highest BCUT2D eigenvalue weighted by atomic mass is 32.2. The Bertz CT molecular complexity index is 622. The average molecular weight is 292 g/mol. The van der Waals surface area contributed by atoms with E-state index >= 15 is 0 Å². The molecule has 1 aromatic carbocycles. The van der Waals surface area contributed by atoms with E-state index in [1.807, 2.05) is 4.72 Å². The minimum Gasteiger partial charge on any atom is -0.273 e. The molecule has 0 unspecified atom stereocenters. The first-order chi connectivity index (χ1) is 8.21. The maximum Gasteiger partial charge on any atom is 0.248 e. The van der Waals surface area contributed by atoms with Gasteiger partial charge in [0.1, 0.15) is 0 Å². The molecule has 0 aliphatic carbocycles. The Morgan fingerprint density at radius 3 is 2.17 bits per heavy atom. The molecule has 0 heterocycles. The van der Waals surface area contributed by atoms with E-state index in [1.54, 1.807) is 10.8 Å². The van der Waals surface area contributed by atoms with Crippen LogP contribution in [-0.2, 0) is 24.8 Å². The zero-order chi connectivity index (χ0) is 13.8. The van der Waals surface area contributed by atoms with Crippen molar-refractivity contribution < 1.29 is 21.6 Å². The number of hydrogen-bond donors (Lipinski definition) is 2. The highest BCUT2D eigenvalue weighted by molar-refractivity contribution is 7.89.